The molecule has 1 aliphatic carbocycles. The molecule has 2 atom stereocenters. The van der Waals surface area contributed by atoms with Crippen LogP contribution in [0.15, 0.2) is 12.2 Å². The topological polar surface area (TPSA) is 55.9 Å². The van der Waals surface area contributed by atoms with E-state index in [1.807, 2.05) is 0 Å². The molecule has 4 nitrogen and oxygen atoms in total. The third kappa shape index (κ3) is 0.881. The molecule has 0 N–H and O–H groups in total. The van der Waals surface area contributed by atoms with Crippen molar-refractivity contribution in [3.05, 3.63) is 12.2 Å². The second kappa shape index (κ2) is 2.17. The number of ketones is 1. The average molecular weight is 168 g/mol. The van der Waals surface area contributed by atoms with Gasteiger partial charge in [0, 0.05) is 6.92 Å². The lowest BCUT2D eigenvalue weighted by Gasteiger charge is -2.12. The fourth-order valence-electron chi connectivity index (χ4n) is 1.31. The molecule has 0 amide bonds. The predicted octanol–water partition coefficient (Wildman–Crippen LogP) is -0.174. The molecular formula is C8H8O4. The minimum atomic E-state index is -0.842. The molecule has 2 aliphatic rings. The maximum Gasteiger partial charge on any atom is 0.303 e. The van der Waals surface area contributed by atoms with Crippen LogP contribution in [0.2, 0.25) is 0 Å². The molecule has 4 heteroatoms. The molecule has 2 rings (SSSR count). The summed E-state index contributed by atoms with van der Waals surface area (Å²) in [5.74, 6) is -0.497. The molecule has 12 heavy (non-hydrogen) atoms. The second-order valence-corrected chi connectivity index (χ2v) is 2.93. The Morgan fingerprint density at radius 1 is 1.83 bits per heavy atom. The SMILES string of the molecule is CC(=O)O[C@@H]1C=CC(=O)[C@@]12CO2. The molecule has 1 fully saturated rings. The summed E-state index contributed by atoms with van der Waals surface area (Å²) < 4.78 is 9.88. The van der Waals surface area contributed by atoms with E-state index >= 15 is 0 Å². The lowest BCUT2D eigenvalue weighted by Crippen LogP contribution is -2.34. The molecular weight excluding hydrogens is 160 g/mol. The summed E-state index contributed by atoms with van der Waals surface area (Å²) in [6.45, 7) is 1.67. The minimum Gasteiger partial charge on any atom is -0.455 e. The van der Waals surface area contributed by atoms with Gasteiger partial charge in [-0.15, -0.1) is 0 Å². The highest BCUT2D eigenvalue weighted by atomic mass is 16.6. The fraction of sp³-hybridized carbons (Fsp3) is 0.500. The van der Waals surface area contributed by atoms with E-state index in [9.17, 15) is 9.59 Å². The van der Waals surface area contributed by atoms with Crippen molar-refractivity contribution in [2.45, 2.75) is 18.6 Å². The molecule has 0 aromatic rings. The van der Waals surface area contributed by atoms with Crippen LogP contribution in [0.4, 0.5) is 0 Å². The Balaban J connectivity index is 2.13. The van der Waals surface area contributed by atoms with Crippen molar-refractivity contribution in [3.8, 4) is 0 Å². The first kappa shape index (κ1) is 7.49. The van der Waals surface area contributed by atoms with Crippen LogP contribution in [0.3, 0.4) is 0 Å². The van der Waals surface area contributed by atoms with Crippen LogP contribution in [0.5, 0.6) is 0 Å². The highest BCUT2D eigenvalue weighted by Crippen LogP contribution is 2.38. The Labute approximate surface area is 69.1 Å². The highest BCUT2D eigenvalue weighted by Gasteiger charge is 2.60. The van der Waals surface area contributed by atoms with Gasteiger partial charge in [-0.1, -0.05) is 0 Å². The van der Waals surface area contributed by atoms with Gasteiger partial charge >= 0.3 is 5.97 Å². The number of rotatable bonds is 1. The van der Waals surface area contributed by atoms with Crippen molar-refractivity contribution in [2.75, 3.05) is 6.61 Å². The van der Waals surface area contributed by atoms with Crippen molar-refractivity contribution >= 4 is 11.8 Å². The average Bonchev–Trinajstić information content (AvgIpc) is 2.71. The Kier molecular flexibility index (Phi) is 1.35. The molecule has 1 saturated heterocycles. The zero-order valence-corrected chi connectivity index (χ0v) is 6.57. The smallest absolute Gasteiger partial charge is 0.303 e. The Morgan fingerprint density at radius 3 is 3.00 bits per heavy atom. The largest absolute Gasteiger partial charge is 0.455 e. The van der Waals surface area contributed by atoms with Crippen molar-refractivity contribution in [1.82, 2.24) is 0 Å². The summed E-state index contributed by atoms with van der Waals surface area (Å²) in [4.78, 5) is 21.7. The van der Waals surface area contributed by atoms with Gasteiger partial charge in [-0.2, -0.15) is 0 Å². The van der Waals surface area contributed by atoms with Gasteiger partial charge in [0.05, 0.1) is 6.61 Å². The van der Waals surface area contributed by atoms with Gasteiger partial charge in [0.1, 0.15) is 0 Å². The Morgan fingerprint density at radius 2 is 2.50 bits per heavy atom. The number of hydrogen-bond acceptors (Lipinski definition) is 4. The van der Waals surface area contributed by atoms with Crippen LogP contribution in [0, 0.1) is 0 Å². The summed E-state index contributed by atoms with van der Waals surface area (Å²) in [5, 5.41) is 0. The lowest BCUT2D eigenvalue weighted by molar-refractivity contribution is -0.147. The van der Waals surface area contributed by atoms with E-state index in [-0.39, 0.29) is 5.78 Å². The first-order valence-electron chi connectivity index (χ1n) is 3.69. The molecule has 0 aromatic heterocycles. The van der Waals surface area contributed by atoms with E-state index in [1.54, 1.807) is 6.08 Å². The normalized spacial score (nSPS) is 37.4. The van der Waals surface area contributed by atoms with Crippen LogP contribution >= 0.6 is 0 Å². The molecule has 0 saturated carbocycles. The van der Waals surface area contributed by atoms with Gasteiger partial charge in [0.25, 0.3) is 0 Å². The van der Waals surface area contributed by atoms with Gasteiger partial charge in [-0.05, 0) is 12.2 Å². The minimum absolute atomic E-state index is 0.103. The number of carbonyl (C=O) groups is 2. The summed E-state index contributed by atoms with van der Waals surface area (Å²) in [6.07, 6.45) is 2.46. The van der Waals surface area contributed by atoms with Crippen LogP contribution in [0.25, 0.3) is 0 Å². The zero-order chi connectivity index (χ0) is 8.77. The molecule has 0 unspecified atom stereocenters. The van der Waals surface area contributed by atoms with E-state index in [1.165, 1.54) is 13.0 Å². The van der Waals surface area contributed by atoms with Gasteiger partial charge in [0.2, 0.25) is 0 Å². The predicted molar refractivity (Wildman–Crippen MR) is 38.4 cm³/mol. The lowest BCUT2D eigenvalue weighted by atomic mass is 10.1. The first-order valence-corrected chi connectivity index (χ1v) is 3.69. The summed E-state index contributed by atoms with van der Waals surface area (Å²) in [5.41, 5.74) is -0.842. The third-order valence-corrected chi connectivity index (χ3v) is 2.05. The third-order valence-electron chi connectivity index (χ3n) is 2.05. The van der Waals surface area contributed by atoms with Gasteiger partial charge in [0.15, 0.2) is 17.5 Å². The van der Waals surface area contributed by atoms with Crippen LogP contribution in [0.1, 0.15) is 6.92 Å². The molecule has 1 heterocycles. The molecule has 1 spiro atoms. The van der Waals surface area contributed by atoms with Crippen LogP contribution in [-0.2, 0) is 19.1 Å². The van der Waals surface area contributed by atoms with Gasteiger partial charge < -0.3 is 9.47 Å². The Bertz CT molecular complexity index is 275. The monoisotopic (exact) mass is 168 g/mol. The number of esters is 1. The molecule has 0 radical (unpaired) electrons. The van der Waals surface area contributed by atoms with Crippen molar-refractivity contribution < 1.29 is 19.1 Å². The second-order valence-electron chi connectivity index (χ2n) is 2.93. The molecule has 0 aromatic carbocycles. The van der Waals surface area contributed by atoms with Crippen molar-refractivity contribution in [1.29, 1.82) is 0 Å². The van der Waals surface area contributed by atoms with Gasteiger partial charge in [-0.25, -0.2) is 0 Å². The number of epoxide rings is 1. The van der Waals surface area contributed by atoms with E-state index in [0.717, 1.165) is 0 Å². The number of hydrogen-bond donors (Lipinski definition) is 0. The fourth-order valence-corrected chi connectivity index (χ4v) is 1.31. The van der Waals surface area contributed by atoms with Crippen LogP contribution in [-0.4, -0.2) is 30.1 Å². The molecule has 1 aliphatic heterocycles. The quantitative estimate of drug-likeness (QED) is 0.403. The summed E-state index contributed by atoms with van der Waals surface area (Å²) in [6, 6.07) is 0. The Hall–Kier alpha value is -1.16. The maximum atomic E-state index is 11.1. The van der Waals surface area contributed by atoms with E-state index in [4.69, 9.17) is 9.47 Å². The molecule has 64 valence electrons. The highest BCUT2D eigenvalue weighted by molar-refractivity contribution is 6.02. The summed E-state index contributed by atoms with van der Waals surface area (Å²) >= 11 is 0. The van der Waals surface area contributed by atoms with E-state index < -0.39 is 17.7 Å². The van der Waals surface area contributed by atoms with E-state index in [0.29, 0.717) is 6.61 Å². The molecule has 0 bridgehead atoms. The maximum absolute atomic E-state index is 11.1. The number of carbonyl (C=O) groups excluding carboxylic acids is 2. The standard InChI is InChI=1S/C8H8O4/c1-5(9)12-7-3-2-6(10)8(7)4-11-8/h2-3,7H,4H2,1H3/t7-,8+/m1/s1. The van der Waals surface area contributed by atoms with Crippen molar-refractivity contribution in [3.63, 3.8) is 0 Å². The van der Waals surface area contributed by atoms with E-state index in [2.05, 4.69) is 0 Å². The zero-order valence-electron chi connectivity index (χ0n) is 6.57. The number of ether oxygens (including phenoxy) is 2. The van der Waals surface area contributed by atoms with Gasteiger partial charge in [-0.3, -0.25) is 9.59 Å². The summed E-state index contributed by atoms with van der Waals surface area (Å²) in [7, 11) is 0. The van der Waals surface area contributed by atoms with Crippen molar-refractivity contribution in [2.24, 2.45) is 0 Å². The van der Waals surface area contributed by atoms with Crippen LogP contribution < -0.4 is 0 Å². The first-order chi connectivity index (χ1) is 5.65.